The third kappa shape index (κ3) is 3.32. The van der Waals surface area contributed by atoms with Gasteiger partial charge in [0.2, 0.25) is 16.4 Å². The van der Waals surface area contributed by atoms with Gasteiger partial charge in [0.25, 0.3) is 0 Å². The van der Waals surface area contributed by atoms with E-state index >= 15 is 0 Å². The minimum Gasteiger partial charge on any atom is -0.341 e. The Kier molecular flexibility index (Phi) is 4.54. The molecule has 19 heavy (non-hydrogen) atoms. The molecule has 2 rings (SSSR count). The van der Waals surface area contributed by atoms with E-state index < -0.39 is 0 Å². The van der Waals surface area contributed by atoms with E-state index in [0.29, 0.717) is 16.3 Å². The van der Waals surface area contributed by atoms with Crippen molar-refractivity contribution in [1.82, 2.24) is 29.7 Å². The predicted octanol–water partition coefficient (Wildman–Crippen LogP) is 1.65. The molecule has 0 spiro atoms. The first-order chi connectivity index (χ1) is 9.13. The Morgan fingerprint density at radius 2 is 2.00 bits per heavy atom. The molecule has 0 aliphatic rings. The van der Waals surface area contributed by atoms with Crippen LogP contribution in [0.3, 0.4) is 0 Å². The zero-order valence-electron chi connectivity index (χ0n) is 10.9. The molecule has 0 unspecified atom stereocenters. The van der Waals surface area contributed by atoms with Crippen molar-refractivity contribution in [2.24, 2.45) is 7.05 Å². The Morgan fingerprint density at radius 3 is 2.58 bits per heavy atom. The number of hydrogen-bond donors (Lipinski definition) is 0. The van der Waals surface area contributed by atoms with Gasteiger partial charge in [-0.3, -0.25) is 0 Å². The fraction of sp³-hybridized carbons (Fsp3) is 0.500. The van der Waals surface area contributed by atoms with Gasteiger partial charge in [0, 0.05) is 20.1 Å². The van der Waals surface area contributed by atoms with Gasteiger partial charge in [-0.25, -0.2) is 9.67 Å². The maximum absolute atomic E-state index is 5.94. The number of aromatic nitrogens is 6. The van der Waals surface area contributed by atoms with Crippen molar-refractivity contribution in [2.75, 3.05) is 18.0 Å². The summed E-state index contributed by atoms with van der Waals surface area (Å²) in [5, 5.41) is 5.39. The molecule has 0 aliphatic carbocycles. The van der Waals surface area contributed by atoms with Crippen molar-refractivity contribution in [3.63, 3.8) is 0 Å². The summed E-state index contributed by atoms with van der Waals surface area (Å²) in [6, 6.07) is 0. The van der Waals surface area contributed by atoms with E-state index in [1.165, 1.54) is 18.1 Å². The zero-order chi connectivity index (χ0) is 13.8. The van der Waals surface area contributed by atoms with Crippen molar-refractivity contribution < 1.29 is 0 Å². The molecule has 0 aromatic carbocycles. The summed E-state index contributed by atoms with van der Waals surface area (Å²) in [6.07, 6.45) is 1.48. The Hall–Kier alpha value is -1.41. The summed E-state index contributed by atoms with van der Waals surface area (Å²) in [4.78, 5) is 18.8. The van der Waals surface area contributed by atoms with Crippen LogP contribution in [0.5, 0.6) is 0 Å². The average Bonchev–Trinajstić information content (AvgIpc) is 2.76. The average molecular weight is 300 g/mol. The van der Waals surface area contributed by atoms with Crippen LogP contribution in [0.15, 0.2) is 16.6 Å². The quantitative estimate of drug-likeness (QED) is 0.831. The lowest BCUT2D eigenvalue weighted by atomic mass is 10.5. The van der Waals surface area contributed by atoms with Crippen molar-refractivity contribution in [2.45, 2.75) is 24.2 Å². The van der Waals surface area contributed by atoms with Gasteiger partial charge in [-0.2, -0.15) is 20.1 Å². The van der Waals surface area contributed by atoms with Crippen molar-refractivity contribution in [3.8, 4) is 0 Å². The minimum absolute atomic E-state index is 0.182. The molecule has 0 N–H and O–H groups in total. The molecule has 0 radical (unpaired) electrons. The predicted molar refractivity (Wildman–Crippen MR) is 73.5 cm³/mol. The van der Waals surface area contributed by atoms with Gasteiger partial charge in [0.15, 0.2) is 5.16 Å². The van der Waals surface area contributed by atoms with Crippen LogP contribution in [-0.4, -0.2) is 42.8 Å². The Balaban J connectivity index is 2.29. The van der Waals surface area contributed by atoms with E-state index in [9.17, 15) is 0 Å². The number of anilines is 1. The van der Waals surface area contributed by atoms with Crippen molar-refractivity contribution >= 4 is 29.3 Å². The largest absolute Gasteiger partial charge is 0.341 e. The maximum Gasteiger partial charge on any atom is 0.230 e. The lowest BCUT2D eigenvalue weighted by Gasteiger charge is -2.18. The number of halogens is 1. The highest BCUT2D eigenvalue weighted by atomic mass is 35.5. The van der Waals surface area contributed by atoms with Gasteiger partial charge >= 0.3 is 0 Å². The molecule has 2 aromatic rings. The first-order valence-corrected chi connectivity index (χ1v) is 7.01. The summed E-state index contributed by atoms with van der Waals surface area (Å²) in [6.45, 7) is 5.70. The van der Waals surface area contributed by atoms with Crippen LogP contribution >= 0.6 is 23.4 Å². The molecule has 7 nitrogen and oxygen atoms in total. The third-order valence-corrected chi connectivity index (χ3v) is 3.56. The Labute approximate surface area is 120 Å². The number of nitrogens with zero attached hydrogens (tertiary/aromatic N) is 7. The van der Waals surface area contributed by atoms with Crippen LogP contribution in [0.1, 0.15) is 13.8 Å². The second-order valence-corrected chi connectivity index (χ2v) is 4.90. The molecule has 0 bridgehead atoms. The Morgan fingerprint density at radius 1 is 1.26 bits per heavy atom. The molecule has 0 fully saturated rings. The zero-order valence-corrected chi connectivity index (χ0v) is 12.5. The summed E-state index contributed by atoms with van der Waals surface area (Å²) < 4.78 is 1.65. The second-order valence-electron chi connectivity index (χ2n) is 3.63. The molecular formula is C10H14ClN7S. The summed E-state index contributed by atoms with van der Waals surface area (Å²) in [5.41, 5.74) is 0. The molecule has 9 heteroatoms. The molecule has 0 saturated carbocycles. The van der Waals surface area contributed by atoms with Gasteiger partial charge in [-0.05, 0) is 37.2 Å². The van der Waals surface area contributed by atoms with E-state index in [2.05, 4.69) is 25.0 Å². The smallest absolute Gasteiger partial charge is 0.230 e. The van der Waals surface area contributed by atoms with Crippen molar-refractivity contribution in [3.05, 3.63) is 11.6 Å². The molecule has 0 saturated heterocycles. The molecule has 0 aliphatic heterocycles. The van der Waals surface area contributed by atoms with Gasteiger partial charge in [0.1, 0.15) is 6.33 Å². The number of aryl methyl sites for hydroxylation is 1. The summed E-state index contributed by atoms with van der Waals surface area (Å²) in [5.74, 6) is 0.578. The molecule has 102 valence electrons. The van der Waals surface area contributed by atoms with Crippen LogP contribution in [-0.2, 0) is 7.05 Å². The molecular weight excluding hydrogens is 286 g/mol. The molecule has 0 amide bonds. The second kappa shape index (κ2) is 6.16. The molecule has 2 heterocycles. The normalized spacial score (nSPS) is 10.7. The van der Waals surface area contributed by atoms with Gasteiger partial charge in [0.05, 0.1) is 0 Å². The van der Waals surface area contributed by atoms with Crippen LogP contribution in [0.25, 0.3) is 0 Å². The topological polar surface area (TPSA) is 72.6 Å². The van der Waals surface area contributed by atoms with Crippen LogP contribution in [0.2, 0.25) is 5.28 Å². The van der Waals surface area contributed by atoms with Crippen molar-refractivity contribution in [1.29, 1.82) is 0 Å². The fourth-order valence-corrected chi connectivity index (χ4v) is 2.38. The summed E-state index contributed by atoms with van der Waals surface area (Å²) >= 11 is 7.25. The highest BCUT2D eigenvalue weighted by Crippen LogP contribution is 2.24. The maximum atomic E-state index is 5.94. The summed E-state index contributed by atoms with van der Waals surface area (Å²) in [7, 11) is 1.81. The van der Waals surface area contributed by atoms with E-state index in [1.807, 2.05) is 25.8 Å². The van der Waals surface area contributed by atoms with E-state index in [1.54, 1.807) is 4.68 Å². The van der Waals surface area contributed by atoms with Gasteiger partial charge < -0.3 is 4.90 Å². The van der Waals surface area contributed by atoms with E-state index in [4.69, 9.17) is 11.6 Å². The highest BCUT2D eigenvalue weighted by molar-refractivity contribution is 7.99. The first-order valence-electron chi connectivity index (χ1n) is 5.82. The standard InChI is InChI=1S/C10H14ClN7S/c1-4-18(5-2)8-14-7(11)15-9(16-8)19-10-12-6-13-17(10)3/h6H,4-5H2,1-3H3. The number of hydrogen-bond acceptors (Lipinski definition) is 7. The first kappa shape index (κ1) is 14.0. The van der Waals surface area contributed by atoms with Crippen LogP contribution in [0, 0.1) is 0 Å². The van der Waals surface area contributed by atoms with Gasteiger partial charge in [-0.1, -0.05) is 0 Å². The lowest BCUT2D eigenvalue weighted by molar-refractivity contribution is 0.682. The minimum atomic E-state index is 0.182. The molecule has 2 aromatic heterocycles. The Bertz CT molecular complexity index is 555. The van der Waals surface area contributed by atoms with Crippen LogP contribution in [0.4, 0.5) is 5.95 Å². The lowest BCUT2D eigenvalue weighted by Crippen LogP contribution is -2.24. The van der Waals surface area contributed by atoms with Gasteiger partial charge in [-0.15, -0.1) is 0 Å². The molecule has 0 atom stereocenters. The SMILES string of the molecule is CCN(CC)c1nc(Cl)nc(Sc2ncnn2C)n1. The number of rotatable bonds is 5. The van der Waals surface area contributed by atoms with E-state index in [-0.39, 0.29) is 5.28 Å². The van der Waals surface area contributed by atoms with E-state index in [0.717, 1.165) is 13.1 Å². The third-order valence-electron chi connectivity index (χ3n) is 2.47. The fourth-order valence-electron chi connectivity index (χ4n) is 1.48. The van der Waals surface area contributed by atoms with Crippen LogP contribution < -0.4 is 4.90 Å². The highest BCUT2D eigenvalue weighted by Gasteiger charge is 2.13. The monoisotopic (exact) mass is 299 g/mol.